The van der Waals surface area contributed by atoms with Gasteiger partial charge >= 0.3 is 0 Å². The highest BCUT2D eigenvalue weighted by molar-refractivity contribution is 5.75. The first-order chi connectivity index (χ1) is 6.61. The Morgan fingerprint density at radius 2 is 1.86 bits per heavy atom. The monoisotopic (exact) mass is 201 g/mol. The topological polar surface area (TPSA) is 49.6 Å². The second-order valence-electron chi connectivity index (χ2n) is 3.67. The summed E-state index contributed by atoms with van der Waals surface area (Å²) in [5, 5.41) is 0. The Bertz CT molecular complexity index is 153. The number of nitrogens with zero attached hydrogens (tertiary/aromatic N) is 2. The van der Waals surface area contributed by atoms with Crippen LogP contribution in [0.5, 0.6) is 0 Å². The fourth-order valence-electron chi connectivity index (χ4n) is 1.31. The van der Waals surface area contributed by atoms with Gasteiger partial charge in [0.2, 0.25) is 5.91 Å². The maximum atomic E-state index is 11.3. The van der Waals surface area contributed by atoms with Gasteiger partial charge in [-0.25, -0.2) is 0 Å². The van der Waals surface area contributed by atoms with Gasteiger partial charge in [0.15, 0.2) is 0 Å². The number of amides is 1. The molecular formula is C10H23N3O. The van der Waals surface area contributed by atoms with E-state index < -0.39 is 0 Å². The van der Waals surface area contributed by atoms with Crippen LogP contribution < -0.4 is 5.73 Å². The van der Waals surface area contributed by atoms with Crippen LogP contribution in [0.15, 0.2) is 0 Å². The van der Waals surface area contributed by atoms with E-state index in [1.54, 1.807) is 19.0 Å². The van der Waals surface area contributed by atoms with Gasteiger partial charge in [-0.05, 0) is 13.0 Å². The molecule has 14 heavy (non-hydrogen) atoms. The van der Waals surface area contributed by atoms with E-state index in [2.05, 4.69) is 11.8 Å². The van der Waals surface area contributed by atoms with Gasteiger partial charge in [0.1, 0.15) is 0 Å². The van der Waals surface area contributed by atoms with Gasteiger partial charge in [0.25, 0.3) is 0 Å². The average Bonchev–Trinajstić information content (AvgIpc) is 2.14. The van der Waals surface area contributed by atoms with Crippen molar-refractivity contribution in [2.75, 3.05) is 40.3 Å². The molecule has 0 fully saturated rings. The molecular weight excluding hydrogens is 178 g/mol. The Labute approximate surface area is 87.0 Å². The zero-order valence-corrected chi connectivity index (χ0v) is 9.62. The molecule has 0 saturated carbocycles. The fourth-order valence-corrected chi connectivity index (χ4v) is 1.31. The molecule has 1 amide bonds. The molecule has 0 aliphatic heterocycles. The number of carbonyl (C=O) groups is 1. The van der Waals surface area contributed by atoms with Crippen LogP contribution in [0, 0.1) is 0 Å². The first-order valence-electron chi connectivity index (χ1n) is 5.24. The van der Waals surface area contributed by atoms with E-state index >= 15 is 0 Å². The molecule has 0 atom stereocenters. The van der Waals surface area contributed by atoms with Crippen LogP contribution in [0.3, 0.4) is 0 Å². The Morgan fingerprint density at radius 1 is 1.21 bits per heavy atom. The summed E-state index contributed by atoms with van der Waals surface area (Å²) in [6.07, 6.45) is 1.70. The van der Waals surface area contributed by atoms with Crippen LogP contribution in [-0.4, -0.2) is 56.0 Å². The Morgan fingerprint density at radius 3 is 2.29 bits per heavy atom. The second kappa shape index (κ2) is 7.76. The fraction of sp³-hybridized carbons (Fsp3) is 0.900. The lowest BCUT2D eigenvalue weighted by Gasteiger charge is -2.21. The smallest absolute Gasteiger partial charge is 0.223 e. The van der Waals surface area contributed by atoms with E-state index in [1.165, 1.54) is 0 Å². The zero-order valence-electron chi connectivity index (χ0n) is 9.62. The summed E-state index contributed by atoms with van der Waals surface area (Å²) in [7, 11) is 3.57. The van der Waals surface area contributed by atoms with Gasteiger partial charge in [0.05, 0.1) is 0 Å². The zero-order chi connectivity index (χ0) is 11.0. The normalized spacial score (nSPS) is 10.6. The third-order valence-corrected chi connectivity index (χ3v) is 2.13. The van der Waals surface area contributed by atoms with E-state index in [0.717, 1.165) is 26.1 Å². The molecule has 0 aliphatic carbocycles. The third-order valence-electron chi connectivity index (χ3n) is 2.13. The second-order valence-corrected chi connectivity index (χ2v) is 3.67. The largest absolute Gasteiger partial charge is 0.349 e. The SMILES string of the molecule is CCCN(CCN)CCC(=O)N(C)C. The quantitative estimate of drug-likeness (QED) is 0.637. The minimum absolute atomic E-state index is 0.183. The molecule has 0 radical (unpaired) electrons. The lowest BCUT2D eigenvalue weighted by atomic mass is 10.3. The van der Waals surface area contributed by atoms with Gasteiger partial charge in [-0.3, -0.25) is 4.79 Å². The van der Waals surface area contributed by atoms with E-state index in [4.69, 9.17) is 5.73 Å². The number of hydrogen-bond acceptors (Lipinski definition) is 3. The summed E-state index contributed by atoms with van der Waals surface area (Å²) in [6, 6.07) is 0. The molecule has 0 rings (SSSR count). The Hall–Kier alpha value is -0.610. The Kier molecular flexibility index (Phi) is 7.42. The van der Waals surface area contributed by atoms with E-state index in [9.17, 15) is 4.79 Å². The van der Waals surface area contributed by atoms with Crippen LogP contribution in [0.4, 0.5) is 0 Å². The molecule has 0 aromatic carbocycles. The van der Waals surface area contributed by atoms with Crippen molar-refractivity contribution in [1.29, 1.82) is 0 Å². The molecule has 2 N–H and O–H groups in total. The maximum absolute atomic E-state index is 11.3. The van der Waals surface area contributed by atoms with Crippen molar-refractivity contribution in [3.63, 3.8) is 0 Å². The van der Waals surface area contributed by atoms with Crippen molar-refractivity contribution in [3.8, 4) is 0 Å². The van der Waals surface area contributed by atoms with Gasteiger partial charge in [0, 0.05) is 40.2 Å². The molecule has 4 heteroatoms. The molecule has 84 valence electrons. The molecule has 0 saturated heterocycles. The highest BCUT2D eigenvalue weighted by Crippen LogP contribution is 1.95. The highest BCUT2D eigenvalue weighted by Gasteiger charge is 2.07. The third kappa shape index (κ3) is 5.94. The maximum Gasteiger partial charge on any atom is 0.223 e. The van der Waals surface area contributed by atoms with Crippen LogP contribution in [-0.2, 0) is 4.79 Å². The lowest BCUT2D eigenvalue weighted by Crippen LogP contribution is -2.34. The molecule has 0 heterocycles. The number of nitrogens with two attached hydrogens (primary N) is 1. The van der Waals surface area contributed by atoms with Crippen molar-refractivity contribution in [3.05, 3.63) is 0 Å². The minimum atomic E-state index is 0.183. The lowest BCUT2D eigenvalue weighted by molar-refractivity contribution is -0.129. The molecule has 0 bridgehead atoms. The van der Waals surface area contributed by atoms with Crippen molar-refractivity contribution in [2.24, 2.45) is 5.73 Å². The van der Waals surface area contributed by atoms with Crippen LogP contribution in [0.2, 0.25) is 0 Å². The van der Waals surface area contributed by atoms with E-state index in [0.29, 0.717) is 13.0 Å². The van der Waals surface area contributed by atoms with Gasteiger partial charge < -0.3 is 15.5 Å². The van der Waals surface area contributed by atoms with Gasteiger partial charge in [-0.15, -0.1) is 0 Å². The van der Waals surface area contributed by atoms with Gasteiger partial charge in [-0.1, -0.05) is 6.92 Å². The van der Waals surface area contributed by atoms with E-state index in [-0.39, 0.29) is 5.91 Å². The Balaban J connectivity index is 3.74. The van der Waals surface area contributed by atoms with Crippen molar-refractivity contribution in [2.45, 2.75) is 19.8 Å². The predicted molar refractivity (Wildman–Crippen MR) is 59.1 cm³/mol. The summed E-state index contributed by atoms with van der Waals surface area (Å²) in [5.74, 6) is 0.183. The van der Waals surface area contributed by atoms with Gasteiger partial charge in [-0.2, -0.15) is 0 Å². The molecule has 0 unspecified atom stereocenters. The minimum Gasteiger partial charge on any atom is -0.349 e. The van der Waals surface area contributed by atoms with Crippen molar-refractivity contribution < 1.29 is 4.79 Å². The first kappa shape index (κ1) is 13.4. The number of hydrogen-bond donors (Lipinski definition) is 1. The standard InChI is InChI=1S/C10H23N3O/c1-4-7-13(9-6-11)8-5-10(14)12(2)3/h4-9,11H2,1-3H3. The molecule has 0 aromatic heterocycles. The van der Waals surface area contributed by atoms with Crippen molar-refractivity contribution in [1.82, 2.24) is 9.80 Å². The average molecular weight is 201 g/mol. The predicted octanol–water partition coefficient (Wildman–Crippen LogP) is 0.135. The summed E-state index contributed by atoms with van der Waals surface area (Å²) in [6.45, 7) is 5.53. The molecule has 0 aliphatic rings. The van der Waals surface area contributed by atoms with E-state index in [1.807, 2.05) is 0 Å². The summed E-state index contributed by atoms with van der Waals surface area (Å²) in [5.41, 5.74) is 5.49. The molecule has 0 spiro atoms. The summed E-state index contributed by atoms with van der Waals surface area (Å²) >= 11 is 0. The highest BCUT2D eigenvalue weighted by atomic mass is 16.2. The number of carbonyl (C=O) groups excluding carboxylic acids is 1. The first-order valence-corrected chi connectivity index (χ1v) is 5.24. The number of rotatable bonds is 7. The molecule has 0 aromatic rings. The van der Waals surface area contributed by atoms with Crippen LogP contribution in [0.1, 0.15) is 19.8 Å². The summed E-state index contributed by atoms with van der Waals surface area (Å²) < 4.78 is 0. The van der Waals surface area contributed by atoms with Crippen molar-refractivity contribution >= 4 is 5.91 Å². The van der Waals surface area contributed by atoms with Crippen LogP contribution >= 0.6 is 0 Å². The van der Waals surface area contributed by atoms with Crippen LogP contribution in [0.25, 0.3) is 0 Å². The summed E-state index contributed by atoms with van der Waals surface area (Å²) in [4.78, 5) is 15.2. The molecule has 4 nitrogen and oxygen atoms in total.